The lowest BCUT2D eigenvalue weighted by Gasteiger charge is -2.36. The maximum atomic E-state index is 12.9. The summed E-state index contributed by atoms with van der Waals surface area (Å²) in [5.41, 5.74) is 2.85. The van der Waals surface area contributed by atoms with E-state index in [2.05, 4.69) is 49.7 Å². The second-order valence-corrected chi connectivity index (χ2v) is 11.9. The zero-order valence-electron chi connectivity index (χ0n) is 13.4. The van der Waals surface area contributed by atoms with Gasteiger partial charge in [-0.15, -0.1) is 0 Å². The van der Waals surface area contributed by atoms with E-state index in [-0.39, 0.29) is 10.6 Å². The maximum Gasteiger partial charge on any atom is 0.426 e. The first-order chi connectivity index (χ1) is 9.89. The van der Waals surface area contributed by atoms with Crippen molar-refractivity contribution in [2.45, 2.75) is 57.3 Å². The van der Waals surface area contributed by atoms with E-state index in [9.17, 15) is 13.2 Å². The number of hydrazine groups is 1. The average molecular weight is 333 g/mol. The minimum atomic E-state index is -4.41. The second kappa shape index (κ2) is 5.29. The van der Waals surface area contributed by atoms with Crippen LogP contribution in [0.3, 0.4) is 0 Å². The van der Waals surface area contributed by atoms with E-state index in [0.29, 0.717) is 12.3 Å². The highest BCUT2D eigenvalue weighted by Gasteiger charge is 2.65. The van der Waals surface area contributed by atoms with Crippen LogP contribution in [0.15, 0.2) is 18.3 Å². The first kappa shape index (κ1) is 17.4. The van der Waals surface area contributed by atoms with Gasteiger partial charge in [-0.2, -0.15) is 13.2 Å². The number of hydrogen-bond acceptors (Lipinski definition) is 4. The van der Waals surface area contributed by atoms with E-state index in [1.165, 1.54) is 12.3 Å². The highest BCUT2D eigenvalue weighted by atomic mass is 28.4. The summed E-state index contributed by atoms with van der Waals surface area (Å²) in [5, 5.41) is 0.0785. The third-order valence-electron chi connectivity index (χ3n) is 4.45. The normalized spacial score (nSPS) is 18.4. The van der Waals surface area contributed by atoms with Crippen molar-refractivity contribution >= 4 is 8.32 Å². The molecule has 1 aromatic heterocycles. The van der Waals surface area contributed by atoms with Crippen molar-refractivity contribution in [2.24, 2.45) is 0 Å². The van der Waals surface area contributed by atoms with Gasteiger partial charge in [0.05, 0.1) is 12.3 Å². The summed E-state index contributed by atoms with van der Waals surface area (Å²) in [5.74, 6) is 0. The van der Waals surface area contributed by atoms with E-state index in [1.54, 1.807) is 6.07 Å². The molecule has 1 aliphatic rings. The Kier molecular flexibility index (Phi) is 4.18. The van der Waals surface area contributed by atoms with Crippen LogP contribution in [-0.2, 0) is 16.7 Å². The summed E-state index contributed by atoms with van der Waals surface area (Å²) in [7, 11) is -1.90. The number of aromatic nitrogens is 1. The number of pyridine rings is 1. The molecular formula is C14H22F3N3OSi. The molecule has 0 unspecified atom stereocenters. The largest absolute Gasteiger partial charge is 0.426 e. The fraction of sp³-hybridized carbons (Fsp3) is 0.643. The van der Waals surface area contributed by atoms with Crippen molar-refractivity contribution in [1.29, 1.82) is 0 Å². The van der Waals surface area contributed by atoms with Gasteiger partial charge in [-0.3, -0.25) is 4.98 Å². The summed E-state index contributed by atoms with van der Waals surface area (Å²) in [4.78, 5) is 4.10. The third kappa shape index (κ3) is 3.19. The van der Waals surface area contributed by atoms with Gasteiger partial charge in [0.25, 0.3) is 0 Å². The van der Waals surface area contributed by atoms with E-state index >= 15 is 0 Å². The Balaban J connectivity index is 2.05. The molecule has 2 heterocycles. The zero-order valence-corrected chi connectivity index (χ0v) is 14.4. The molecule has 0 aromatic carbocycles. The number of alkyl halides is 3. The Morgan fingerprint density at radius 2 is 1.77 bits per heavy atom. The summed E-state index contributed by atoms with van der Waals surface area (Å²) < 4.78 is 44.8. The predicted molar refractivity (Wildman–Crippen MR) is 80.2 cm³/mol. The Labute approximate surface area is 129 Å². The van der Waals surface area contributed by atoms with Crippen LogP contribution in [0, 0.1) is 0 Å². The molecule has 0 bridgehead atoms. The van der Waals surface area contributed by atoms with Gasteiger partial charge in [0.15, 0.2) is 8.32 Å². The summed E-state index contributed by atoms with van der Waals surface area (Å²) in [6, 6.07) is 3.01. The van der Waals surface area contributed by atoms with Crippen molar-refractivity contribution in [3.63, 3.8) is 0 Å². The quantitative estimate of drug-likeness (QED) is 0.654. The number of rotatable bonds is 4. The van der Waals surface area contributed by atoms with Crippen molar-refractivity contribution in [1.82, 2.24) is 15.8 Å². The third-order valence-corrected chi connectivity index (χ3v) is 8.92. The van der Waals surface area contributed by atoms with E-state index in [0.717, 1.165) is 0 Å². The van der Waals surface area contributed by atoms with Crippen LogP contribution in [0.25, 0.3) is 0 Å². The minimum Gasteiger partial charge on any atom is -0.411 e. The van der Waals surface area contributed by atoms with Gasteiger partial charge in [0, 0.05) is 11.8 Å². The van der Waals surface area contributed by atoms with Crippen LogP contribution < -0.4 is 10.9 Å². The molecule has 2 N–H and O–H groups in total. The highest BCUT2D eigenvalue weighted by molar-refractivity contribution is 6.74. The van der Waals surface area contributed by atoms with Crippen LogP contribution in [0.5, 0.6) is 0 Å². The summed E-state index contributed by atoms with van der Waals surface area (Å²) >= 11 is 0. The van der Waals surface area contributed by atoms with Crippen LogP contribution in [-0.4, -0.2) is 19.5 Å². The number of nitrogens with one attached hydrogen (secondary N) is 2. The van der Waals surface area contributed by atoms with Crippen LogP contribution in [0.1, 0.15) is 32.0 Å². The molecule has 0 spiro atoms. The molecule has 1 aliphatic heterocycles. The molecule has 0 radical (unpaired) electrons. The molecule has 1 fully saturated rings. The van der Waals surface area contributed by atoms with Gasteiger partial charge in [-0.25, -0.2) is 10.9 Å². The molecular weight excluding hydrogens is 311 g/mol. The molecule has 8 heteroatoms. The van der Waals surface area contributed by atoms with Crippen LogP contribution in [0.2, 0.25) is 18.1 Å². The van der Waals surface area contributed by atoms with Gasteiger partial charge < -0.3 is 4.43 Å². The first-order valence-electron chi connectivity index (χ1n) is 7.09. The van der Waals surface area contributed by atoms with Gasteiger partial charge in [0.2, 0.25) is 5.66 Å². The maximum absolute atomic E-state index is 12.9. The molecule has 0 aliphatic carbocycles. The Bertz CT molecular complexity index is 534. The van der Waals surface area contributed by atoms with E-state index in [1.807, 2.05) is 0 Å². The van der Waals surface area contributed by atoms with Gasteiger partial charge in [-0.1, -0.05) is 26.8 Å². The number of nitrogens with zero attached hydrogens (tertiary/aromatic N) is 1. The molecule has 4 nitrogen and oxygen atoms in total. The Morgan fingerprint density at radius 1 is 1.18 bits per heavy atom. The number of hydrogen-bond donors (Lipinski definition) is 2. The van der Waals surface area contributed by atoms with Crippen molar-refractivity contribution in [3.05, 3.63) is 29.6 Å². The Morgan fingerprint density at radius 3 is 2.14 bits per heavy atom. The van der Waals surface area contributed by atoms with Crippen LogP contribution in [0.4, 0.5) is 13.2 Å². The standard InChI is InChI=1S/C14H22F3N3OSi/c1-12(2,3)22(4,5)21-9-11-7-6-10(8-18-11)13(19-20-13)14(15,16)17/h6-8,19-20H,9H2,1-5H3. The van der Waals surface area contributed by atoms with E-state index < -0.39 is 20.2 Å². The minimum absolute atomic E-state index is 0.0519. The van der Waals surface area contributed by atoms with Crippen LogP contribution >= 0.6 is 0 Å². The van der Waals surface area contributed by atoms with Gasteiger partial charge in [0.1, 0.15) is 0 Å². The fourth-order valence-electron chi connectivity index (χ4n) is 1.71. The molecule has 0 amide bonds. The fourth-order valence-corrected chi connectivity index (χ4v) is 2.66. The first-order valence-corrected chi connectivity index (χ1v) is 10.0. The SMILES string of the molecule is CC(C)(C)[Si](C)(C)OCc1ccc(C2(C(F)(F)F)NN2)cn1. The molecule has 22 heavy (non-hydrogen) atoms. The van der Waals surface area contributed by atoms with E-state index in [4.69, 9.17) is 4.43 Å². The van der Waals surface area contributed by atoms with Gasteiger partial charge in [-0.05, 0) is 24.2 Å². The summed E-state index contributed by atoms with van der Waals surface area (Å²) in [6.45, 7) is 11.0. The van der Waals surface area contributed by atoms with Crippen molar-refractivity contribution < 1.29 is 17.6 Å². The van der Waals surface area contributed by atoms with Gasteiger partial charge >= 0.3 is 6.18 Å². The Hall–Kier alpha value is -0.963. The highest BCUT2D eigenvalue weighted by Crippen LogP contribution is 2.42. The molecule has 1 saturated heterocycles. The lowest BCUT2D eigenvalue weighted by molar-refractivity contribution is -0.165. The smallest absolute Gasteiger partial charge is 0.411 e. The van der Waals surface area contributed by atoms with Crippen molar-refractivity contribution in [2.75, 3.05) is 0 Å². The summed E-state index contributed by atoms with van der Waals surface area (Å²) in [6.07, 6.45) is -3.17. The molecule has 0 atom stereocenters. The molecule has 1 aromatic rings. The molecule has 0 saturated carbocycles. The second-order valence-electron chi connectivity index (χ2n) is 7.08. The molecule has 124 valence electrons. The lowest BCUT2D eigenvalue weighted by Crippen LogP contribution is -2.40. The van der Waals surface area contributed by atoms with Crippen molar-refractivity contribution in [3.8, 4) is 0 Å². The average Bonchev–Trinajstić information content (AvgIpc) is 3.16. The predicted octanol–water partition coefficient (Wildman–Crippen LogP) is 3.43. The lowest BCUT2D eigenvalue weighted by atomic mass is 10.1. The molecule has 2 rings (SSSR count). The number of halogens is 3. The zero-order chi connectivity index (χ0) is 16.8. The topological polar surface area (TPSA) is 66.0 Å². The monoisotopic (exact) mass is 333 g/mol.